The van der Waals surface area contributed by atoms with Crippen molar-refractivity contribution in [3.8, 4) is 0 Å². The number of nitrogens with zero attached hydrogens (tertiary/aromatic N) is 1. The molecule has 0 saturated carbocycles. The van der Waals surface area contributed by atoms with Crippen molar-refractivity contribution in [2.45, 2.75) is 19.3 Å². The zero-order chi connectivity index (χ0) is 7.90. The molecule has 3 aliphatic heterocycles. The van der Waals surface area contributed by atoms with Gasteiger partial charge in [-0.15, -0.1) is 0 Å². The summed E-state index contributed by atoms with van der Waals surface area (Å²) in [6.07, 6.45) is 2.97. The SMILES string of the molecule is NC(=O)C12CCN(CC1)C[14CH2]2. The summed E-state index contributed by atoms with van der Waals surface area (Å²) >= 11 is 0. The third-order valence-corrected chi connectivity index (χ3v) is 3.24. The number of hydrogen-bond donors (Lipinski definition) is 1. The standard InChI is InChI=1S/C8H14N2O/c9-7(11)8-1-4-10(5-2-8)6-3-8/h1-6H2,(H2,9,11)/i1+2. The van der Waals surface area contributed by atoms with Gasteiger partial charge in [0.2, 0.25) is 5.91 Å². The highest BCUT2D eigenvalue weighted by molar-refractivity contribution is 5.81. The van der Waals surface area contributed by atoms with Gasteiger partial charge in [-0.1, -0.05) is 0 Å². The first-order valence-electron chi connectivity index (χ1n) is 4.25. The molecular weight excluding hydrogens is 142 g/mol. The van der Waals surface area contributed by atoms with E-state index in [9.17, 15) is 4.79 Å². The number of hydrogen-bond acceptors (Lipinski definition) is 2. The minimum atomic E-state index is -0.116. The fraction of sp³-hybridized carbons (Fsp3) is 0.875. The molecule has 0 radical (unpaired) electrons. The topological polar surface area (TPSA) is 46.3 Å². The van der Waals surface area contributed by atoms with Crippen LogP contribution in [0.4, 0.5) is 0 Å². The van der Waals surface area contributed by atoms with E-state index in [2.05, 4.69) is 4.90 Å². The Morgan fingerprint density at radius 2 is 2.09 bits per heavy atom. The average Bonchev–Trinajstić information content (AvgIpc) is 2.08. The predicted octanol–water partition coefficient (Wildman–Crippen LogP) is -0.0424. The minimum Gasteiger partial charge on any atom is -0.369 e. The molecule has 1 amide bonds. The summed E-state index contributed by atoms with van der Waals surface area (Å²) in [6.45, 7) is 3.22. The Kier molecular flexibility index (Phi) is 1.42. The molecule has 2 N–H and O–H groups in total. The lowest BCUT2D eigenvalue weighted by molar-refractivity contribution is -0.134. The van der Waals surface area contributed by atoms with Crippen LogP contribution in [0.2, 0.25) is 0 Å². The number of rotatable bonds is 1. The predicted molar refractivity (Wildman–Crippen MR) is 41.9 cm³/mol. The number of carbonyl (C=O) groups excluding carboxylic acids is 1. The Morgan fingerprint density at radius 1 is 1.45 bits per heavy atom. The molecule has 2 bridgehead atoms. The third kappa shape index (κ3) is 0.948. The van der Waals surface area contributed by atoms with Gasteiger partial charge in [0.1, 0.15) is 0 Å². The van der Waals surface area contributed by atoms with Crippen LogP contribution in [0.3, 0.4) is 0 Å². The maximum atomic E-state index is 11.1. The number of carbonyl (C=O) groups is 1. The summed E-state index contributed by atoms with van der Waals surface area (Å²) < 4.78 is 0. The maximum absolute atomic E-state index is 11.1. The van der Waals surface area contributed by atoms with Gasteiger partial charge in [-0.3, -0.25) is 4.79 Å². The molecule has 11 heavy (non-hydrogen) atoms. The number of primary amides is 1. The molecule has 0 aromatic rings. The van der Waals surface area contributed by atoms with Gasteiger partial charge in [0, 0.05) is 0 Å². The quantitative estimate of drug-likeness (QED) is 0.579. The lowest BCUT2D eigenvalue weighted by Gasteiger charge is -2.46. The van der Waals surface area contributed by atoms with Gasteiger partial charge in [0.25, 0.3) is 0 Å². The summed E-state index contributed by atoms with van der Waals surface area (Å²) in [6, 6.07) is 0. The van der Waals surface area contributed by atoms with E-state index in [0.717, 1.165) is 38.9 Å². The van der Waals surface area contributed by atoms with Crippen molar-refractivity contribution in [3.05, 3.63) is 0 Å². The Balaban J connectivity index is 2.18. The normalized spacial score (nSPS) is 42.4. The lowest BCUT2D eigenvalue weighted by atomic mass is 9.85. The number of piperidine rings is 3. The Hall–Kier alpha value is -0.570. The van der Waals surface area contributed by atoms with Crippen molar-refractivity contribution < 1.29 is 4.79 Å². The smallest absolute Gasteiger partial charge is 0.223 e. The number of amides is 1. The Bertz CT molecular complexity index is 169. The molecule has 0 unspecified atom stereocenters. The minimum absolute atomic E-state index is 0.0724. The van der Waals surface area contributed by atoms with Crippen LogP contribution in [0.5, 0.6) is 0 Å². The second-order valence-corrected chi connectivity index (χ2v) is 3.74. The molecule has 0 spiro atoms. The average molecular weight is 156 g/mol. The van der Waals surface area contributed by atoms with Crippen LogP contribution in [-0.4, -0.2) is 30.4 Å². The fourth-order valence-corrected chi connectivity index (χ4v) is 2.20. The fourth-order valence-electron chi connectivity index (χ4n) is 2.20. The molecule has 0 aromatic heterocycles. The van der Waals surface area contributed by atoms with Crippen molar-refractivity contribution in [2.75, 3.05) is 19.6 Å². The Morgan fingerprint density at radius 3 is 2.36 bits per heavy atom. The van der Waals surface area contributed by atoms with E-state index in [1.165, 1.54) is 0 Å². The molecule has 3 aliphatic rings. The van der Waals surface area contributed by atoms with Gasteiger partial charge in [0.05, 0.1) is 5.41 Å². The molecule has 0 aliphatic carbocycles. The van der Waals surface area contributed by atoms with Crippen LogP contribution in [0.15, 0.2) is 0 Å². The van der Waals surface area contributed by atoms with Gasteiger partial charge in [-0.05, 0) is 38.9 Å². The molecule has 3 rings (SSSR count). The largest absolute Gasteiger partial charge is 0.369 e. The van der Waals surface area contributed by atoms with Crippen molar-refractivity contribution >= 4 is 5.91 Å². The van der Waals surface area contributed by atoms with Gasteiger partial charge >= 0.3 is 0 Å². The van der Waals surface area contributed by atoms with Crippen LogP contribution >= 0.6 is 0 Å². The molecule has 3 heteroatoms. The third-order valence-electron chi connectivity index (χ3n) is 3.24. The summed E-state index contributed by atoms with van der Waals surface area (Å²) in [5.41, 5.74) is 5.26. The molecular formula is C8H14N2O. The van der Waals surface area contributed by atoms with Gasteiger partial charge in [-0.2, -0.15) is 0 Å². The highest BCUT2D eigenvalue weighted by atomic mass is 16.1. The molecule has 3 heterocycles. The van der Waals surface area contributed by atoms with Crippen molar-refractivity contribution in [2.24, 2.45) is 11.1 Å². The van der Waals surface area contributed by atoms with Crippen LogP contribution in [0, 0.1) is 5.41 Å². The zero-order valence-electron chi connectivity index (χ0n) is 6.68. The summed E-state index contributed by atoms with van der Waals surface area (Å²) in [5.74, 6) is -0.0724. The first-order valence-corrected chi connectivity index (χ1v) is 4.25. The van der Waals surface area contributed by atoms with Crippen molar-refractivity contribution in [3.63, 3.8) is 0 Å². The molecule has 0 atom stereocenters. The monoisotopic (exact) mass is 156 g/mol. The van der Waals surface area contributed by atoms with E-state index in [-0.39, 0.29) is 11.3 Å². The van der Waals surface area contributed by atoms with Crippen LogP contribution in [0.1, 0.15) is 19.3 Å². The second-order valence-electron chi connectivity index (χ2n) is 3.74. The van der Waals surface area contributed by atoms with Gasteiger partial charge in [-0.25, -0.2) is 0 Å². The maximum Gasteiger partial charge on any atom is 0.223 e. The number of nitrogens with two attached hydrogens (primary N) is 1. The summed E-state index contributed by atoms with van der Waals surface area (Å²) in [5, 5.41) is 0. The van der Waals surface area contributed by atoms with Gasteiger partial charge in [0.15, 0.2) is 0 Å². The van der Waals surface area contributed by atoms with Gasteiger partial charge < -0.3 is 10.6 Å². The number of fused-ring (bicyclic) bond motifs is 3. The molecule has 3 fully saturated rings. The Labute approximate surface area is 66.5 Å². The zero-order valence-corrected chi connectivity index (χ0v) is 6.68. The van der Waals surface area contributed by atoms with E-state index in [1.54, 1.807) is 0 Å². The lowest BCUT2D eigenvalue weighted by Crippen LogP contribution is -2.53. The first-order chi connectivity index (χ1) is 5.23. The van der Waals surface area contributed by atoms with E-state index in [4.69, 9.17) is 5.73 Å². The first kappa shape index (κ1) is 7.10. The van der Waals surface area contributed by atoms with Crippen molar-refractivity contribution in [1.82, 2.24) is 4.90 Å². The van der Waals surface area contributed by atoms with Crippen LogP contribution in [0.25, 0.3) is 0 Å². The van der Waals surface area contributed by atoms with E-state index >= 15 is 0 Å². The summed E-state index contributed by atoms with van der Waals surface area (Å²) in [7, 11) is 0. The second kappa shape index (κ2) is 2.21. The van der Waals surface area contributed by atoms with E-state index < -0.39 is 0 Å². The highest BCUT2D eigenvalue weighted by Gasteiger charge is 2.43. The van der Waals surface area contributed by atoms with E-state index in [0.29, 0.717) is 0 Å². The van der Waals surface area contributed by atoms with Crippen LogP contribution < -0.4 is 5.73 Å². The van der Waals surface area contributed by atoms with E-state index in [1.807, 2.05) is 0 Å². The summed E-state index contributed by atoms with van der Waals surface area (Å²) in [4.78, 5) is 13.5. The molecule has 0 aromatic carbocycles. The molecule has 62 valence electrons. The molecule has 3 saturated heterocycles. The molecule has 3 nitrogen and oxygen atoms in total. The highest BCUT2D eigenvalue weighted by Crippen LogP contribution is 2.39. The van der Waals surface area contributed by atoms with Crippen LogP contribution in [-0.2, 0) is 4.79 Å². The van der Waals surface area contributed by atoms with Crippen molar-refractivity contribution in [1.29, 1.82) is 0 Å².